The Morgan fingerprint density at radius 3 is 2.53 bits per heavy atom. The van der Waals surface area contributed by atoms with E-state index in [9.17, 15) is 13.2 Å². The van der Waals surface area contributed by atoms with E-state index in [-0.39, 0.29) is 24.5 Å². The molecule has 1 saturated carbocycles. The van der Waals surface area contributed by atoms with Crippen LogP contribution < -0.4 is 5.32 Å². The van der Waals surface area contributed by atoms with Gasteiger partial charge in [-0.15, -0.1) is 0 Å². The van der Waals surface area contributed by atoms with E-state index in [0.717, 1.165) is 34.1 Å². The number of oxime groups is 1. The maximum Gasteiger partial charge on any atom is 0.338 e. The first-order valence-corrected chi connectivity index (χ1v) is 16.8. The normalized spacial score (nSPS) is 14.9. The first kappa shape index (κ1) is 32.3. The number of hydrogen-bond acceptors (Lipinski definition) is 9. The Kier molecular flexibility index (Phi) is 11.3. The highest BCUT2D eigenvalue weighted by atomic mass is 32.2. The van der Waals surface area contributed by atoms with Crippen LogP contribution in [0.1, 0.15) is 65.6 Å². The maximum absolute atomic E-state index is 12.8. The molecule has 45 heavy (non-hydrogen) atoms. The van der Waals surface area contributed by atoms with Gasteiger partial charge in [0.05, 0.1) is 28.8 Å². The molecule has 1 aliphatic carbocycles. The summed E-state index contributed by atoms with van der Waals surface area (Å²) < 4.78 is 36.4. The number of aromatic nitrogens is 1. The third-order valence-electron chi connectivity index (χ3n) is 7.85. The third kappa shape index (κ3) is 9.43. The lowest BCUT2D eigenvalue weighted by atomic mass is 9.95. The summed E-state index contributed by atoms with van der Waals surface area (Å²) in [4.78, 5) is 22.9. The third-order valence-corrected chi connectivity index (χ3v) is 9.14. The van der Waals surface area contributed by atoms with Crippen LogP contribution in [0.5, 0.6) is 0 Å². The van der Waals surface area contributed by atoms with E-state index in [2.05, 4.69) is 15.5 Å². The summed E-state index contributed by atoms with van der Waals surface area (Å²) in [7, 11) is -4.03. The fraction of sp³-hybridized carbons (Fsp3) is 0.343. The van der Waals surface area contributed by atoms with E-state index in [1.54, 1.807) is 30.5 Å². The minimum absolute atomic E-state index is 0.0201. The molecule has 0 amide bonds. The largest absolute Gasteiger partial charge is 0.462 e. The number of aryl methyl sites for hydroxylation is 1. The van der Waals surface area contributed by atoms with Crippen LogP contribution in [0.15, 0.2) is 95.1 Å². The van der Waals surface area contributed by atoms with E-state index >= 15 is 0 Å². The number of hydrogen-bond donors (Lipinski definition) is 1. The molecule has 1 fully saturated rings. The zero-order valence-corrected chi connectivity index (χ0v) is 26.2. The SMILES string of the molecule is Cc1ccc(S(=O)(=O)OCC(CCOC(=O)c2ccc(CNC3CCCCC3)cc2)O/N=C/c2cccc3cccnc23)cc1. The number of nitrogens with zero attached hydrogens (tertiary/aromatic N) is 2. The van der Waals surface area contributed by atoms with Crippen LogP contribution in [0.2, 0.25) is 0 Å². The van der Waals surface area contributed by atoms with Gasteiger partial charge in [-0.25, -0.2) is 4.79 Å². The maximum atomic E-state index is 12.8. The van der Waals surface area contributed by atoms with Gasteiger partial charge in [0.1, 0.15) is 6.61 Å². The summed E-state index contributed by atoms with van der Waals surface area (Å²) >= 11 is 0. The topological polar surface area (TPSA) is 116 Å². The predicted molar refractivity (Wildman–Crippen MR) is 174 cm³/mol. The van der Waals surface area contributed by atoms with Crippen molar-refractivity contribution in [1.82, 2.24) is 10.3 Å². The van der Waals surface area contributed by atoms with Crippen LogP contribution in [-0.2, 0) is 30.4 Å². The Hall–Kier alpha value is -4.12. The van der Waals surface area contributed by atoms with Gasteiger partial charge in [0.2, 0.25) is 0 Å². The Labute approximate surface area is 264 Å². The monoisotopic (exact) mass is 629 g/mol. The number of nitrogens with one attached hydrogen (secondary N) is 1. The molecule has 4 aromatic rings. The van der Waals surface area contributed by atoms with E-state index in [1.165, 1.54) is 50.5 Å². The van der Waals surface area contributed by atoms with Crippen LogP contribution in [0.4, 0.5) is 0 Å². The highest BCUT2D eigenvalue weighted by Gasteiger charge is 2.21. The molecule has 1 aromatic heterocycles. The lowest BCUT2D eigenvalue weighted by Gasteiger charge is -2.22. The fourth-order valence-electron chi connectivity index (χ4n) is 5.20. The van der Waals surface area contributed by atoms with Crippen LogP contribution in [0.25, 0.3) is 10.9 Å². The highest BCUT2D eigenvalue weighted by molar-refractivity contribution is 7.86. The van der Waals surface area contributed by atoms with Crippen LogP contribution in [-0.4, -0.2) is 50.9 Å². The molecule has 1 N–H and O–H groups in total. The fourth-order valence-corrected chi connectivity index (χ4v) is 6.14. The van der Waals surface area contributed by atoms with Crippen molar-refractivity contribution >= 4 is 33.2 Å². The van der Waals surface area contributed by atoms with Crippen molar-refractivity contribution in [3.8, 4) is 0 Å². The molecule has 0 saturated heterocycles. The molecule has 5 rings (SSSR count). The van der Waals surface area contributed by atoms with Gasteiger partial charge in [-0.2, -0.15) is 8.42 Å². The molecule has 1 unspecified atom stereocenters. The molecule has 10 heteroatoms. The van der Waals surface area contributed by atoms with E-state index in [1.807, 2.05) is 49.4 Å². The molecule has 0 spiro atoms. The molecular weight excluding hydrogens is 590 g/mol. The molecule has 0 aliphatic heterocycles. The summed E-state index contributed by atoms with van der Waals surface area (Å²) in [6.45, 7) is 2.30. The van der Waals surface area contributed by atoms with Crippen LogP contribution >= 0.6 is 0 Å². The second-order valence-electron chi connectivity index (χ2n) is 11.3. The zero-order chi connectivity index (χ0) is 31.5. The minimum atomic E-state index is -4.03. The highest BCUT2D eigenvalue weighted by Crippen LogP contribution is 2.19. The molecule has 1 atom stereocenters. The number of esters is 1. The Morgan fingerprint density at radius 1 is 1.00 bits per heavy atom. The summed E-state index contributed by atoms with van der Waals surface area (Å²) in [5, 5.41) is 8.66. The Bertz CT molecular complexity index is 1680. The molecule has 1 heterocycles. The minimum Gasteiger partial charge on any atom is -0.462 e. The average Bonchev–Trinajstić information content (AvgIpc) is 3.07. The number of ether oxygens (including phenoxy) is 1. The Morgan fingerprint density at radius 2 is 1.76 bits per heavy atom. The second kappa shape index (κ2) is 15.7. The van der Waals surface area contributed by atoms with Crippen molar-refractivity contribution in [2.45, 2.75) is 69.0 Å². The molecule has 9 nitrogen and oxygen atoms in total. The number of carbonyl (C=O) groups is 1. The molecule has 0 radical (unpaired) electrons. The van der Waals surface area contributed by atoms with E-state index in [4.69, 9.17) is 13.8 Å². The number of pyridine rings is 1. The Balaban J connectivity index is 1.18. The first-order valence-electron chi connectivity index (χ1n) is 15.4. The number of para-hydroxylation sites is 1. The summed E-state index contributed by atoms with van der Waals surface area (Å²) in [5.41, 5.74) is 3.97. The van der Waals surface area contributed by atoms with Gasteiger partial charge in [-0.05, 0) is 55.7 Å². The molecule has 3 aromatic carbocycles. The van der Waals surface area contributed by atoms with Crippen LogP contribution in [0.3, 0.4) is 0 Å². The van der Waals surface area contributed by atoms with Crippen LogP contribution in [0, 0.1) is 6.92 Å². The van der Waals surface area contributed by atoms with Crippen molar-refractivity contribution in [2.75, 3.05) is 13.2 Å². The van der Waals surface area contributed by atoms with Crippen molar-refractivity contribution in [1.29, 1.82) is 0 Å². The van der Waals surface area contributed by atoms with Gasteiger partial charge in [-0.3, -0.25) is 9.17 Å². The standard InChI is InChI=1S/C35H39N3O6S/c1-26-12-18-33(19-13-26)45(40,41)43-25-32(44-38-24-30-8-5-7-28-9-6-21-36-34(28)30)20-22-42-35(39)29-16-14-27(15-17-29)23-37-31-10-3-2-4-11-31/h5-9,12-19,21,24,31-32,37H,2-4,10-11,20,22-23,25H2,1H3/b38-24+. The lowest BCUT2D eigenvalue weighted by molar-refractivity contribution is 0.00285. The van der Waals surface area contributed by atoms with Gasteiger partial charge < -0.3 is 14.9 Å². The van der Waals surface area contributed by atoms with E-state index in [0.29, 0.717) is 11.6 Å². The van der Waals surface area contributed by atoms with Gasteiger partial charge in [0.15, 0.2) is 6.10 Å². The molecule has 236 valence electrons. The molecular formula is C35H39N3O6S. The predicted octanol–water partition coefficient (Wildman–Crippen LogP) is 6.34. The van der Waals surface area contributed by atoms with Gasteiger partial charge in [0.25, 0.3) is 10.1 Å². The van der Waals surface area contributed by atoms with Crippen molar-refractivity contribution < 1.29 is 27.0 Å². The zero-order valence-electron chi connectivity index (χ0n) is 25.4. The molecule has 1 aliphatic rings. The first-order chi connectivity index (χ1) is 21.9. The van der Waals surface area contributed by atoms with Crippen molar-refractivity contribution in [3.05, 3.63) is 107 Å². The van der Waals surface area contributed by atoms with Crippen molar-refractivity contribution in [2.24, 2.45) is 5.16 Å². The van der Waals surface area contributed by atoms with Gasteiger partial charge in [-0.1, -0.05) is 78.5 Å². The number of rotatable bonds is 14. The quantitative estimate of drug-likeness (QED) is 0.0744. The lowest BCUT2D eigenvalue weighted by Crippen LogP contribution is -2.30. The average molecular weight is 630 g/mol. The summed E-state index contributed by atoms with van der Waals surface area (Å²) in [5.74, 6) is -0.473. The number of carbonyl (C=O) groups excluding carboxylic acids is 1. The number of fused-ring (bicyclic) bond motifs is 1. The van der Waals surface area contributed by atoms with Gasteiger partial charge in [0, 0.05) is 36.2 Å². The van der Waals surface area contributed by atoms with Crippen molar-refractivity contribution in [3.63, 3.8) is 0 Å². The van der Waals surface area contributed by atoms with Gasteiger partial charge >= 0.3 is 5.97 Å². The summed E-state index contributed by atoms with van der Waals surface area (Å²) in [6, 6.07) is 23.8. The number of benzene rings is 3. The smallest absolute Gasteiger partial charge is 0.338 e. The second-order valence-corrected chi connectivity index (χ2v) is 12.9. The summed E-state index contributed by atoms with van der Waals surface area (Å²) in [6.07, 6.45) is 8.85. The molecule has 0 bridgehead atoms. The van der Waals surface area contributed by atoms with E-state index < -0.39 is 22.2 Å².